The minimum atomic E-state index is -2.83. The maximum Gasteiger partial charge on any atom is 0.387 e. The topological polar surface area (TPSA) is 41.6 Å². The molecule has 6 heteroatoms. The number of amides is 1. The number of benzene rings is 2. The Morgan fingerprint density at radius 2 is 1.67 bits per heavy atom. The summed E-state index contributed by atoms with van der Waals surface area (Å²) in [7, 11) is 1.83. The van der Waals surface area contributed by atoms with Crippen molar-refractivity contribution in [3.63, 3.8) is 0 Å². The van der Waals surface area contributed by atoms with Gasteiger partial charge in [-0.3, -0.25) is 9.69 Å². The lowest BCUT2D eigenvalue weighted by Gasteiger charge is -2.20. The lowest BCUT2D eigenvalue weighted by Crippen LogP contribution is -2.29. The molecule has 1 amide bonds. The molecule has 0 aromatic heterocycles. The third-order valence-corrected chi connectivity index (χ3v) is 4.05. The number of hydrogen-bond acceptors (Lipinski definition) is 3. The van der Waals surface area contributed by atoms with Crippen molar-refractivity contribution in [3.8, 4) is 5.75 Å². The molecule has 2 rings (SSSR count). The van der Waals surface area contributed by atoms with Crippen molar-refractivity contribution in [2.75, 3.05) is 18.9 Å². The Kier molecular flexibility index (Phi) is 6.91. The normalized spacial score (nSPS) is 11.7. The first-order valence-electron chi connectivity index (χ1n) is 8.76. The molecule has 27 heavy (non-hydrogen) atoms. The summed E-state index contributed by atoms with van der Waals surface area (Å²) in [5, 5.41) is 2.88. The lowest BCUT2D eigenvalue weighted by molar-refractivity contribution is -0.117. The predicted molar refractivity (Wildman–Crippen MR) is 103 cm³/mol. The van der Waals surface area contributed by atoms with Crippen LogP contribution < -0.4 is 10.1 Å². The van der Waals surface area contributed by atoms with Gasteiger partial charge < -0.3 is 10.1 Å². The van der Waals surface area contributed by atoms with Crippen molar-refractivity contribution in [2.45, 2.75) is 39.3 Å². The van der Waals surface area contributed by atoms with Gasteiger partial charge in [-0.15, -0.1) is 0 Å². The number of likely N-dealkylation sites (N-methyl/N-ethyl adjacent to an activating group) is 1. The van der Waals surface area contributed by atoms with Crippen LogP contribution in [0.4, 0.5) is 14.5 Å². The third kappa shape index (κ3) is 6.98. The molecule has 2 aromatic rings. The van der Waals surface area contributed by atoms with Gasteiger partial charge in [0.15, 0.2) is 0 Å². The van der Waals surface area contributed by atoms with Crippen molar-refractivity contribution < 1.29 is 18.3 Å². The second-order valence-electron chi connectivity index (χ2n) is 7.57. The Morgan fingerprint density at radius 1 is 1.07 bits per heavy atom. The zero-order valence-corrected chi connectivity index (χ0v) is 16.1. The van der Waals surface area contributed by atoms with Crippen LogP contribution in [0.15, 0.2) is 48.5 Å². The highest BCUT2D eigenvalue weighted by Gasteiger charge is 2.13. The van der Waals surface area contributed by atoms with Gasteiger partial charge in [0.05, 0.1) is 6.54 Å². The van der Waals surface area contributed by atoms with E-state index in [0.717, 1.165) is 11.3 Å². The van der Waals surface area contributed by atoms with Crippen LogP contribution in [0.2, 0.25) is 0 Å². The van der Waals surface area contributed by atoms with Crippen molar-refractivity contribution in [1.82, 2.24) is 4.90 Å². The molecule has 1 N–H and O–H groups in total. The number of alkyl halides is 2. The van der Waals surface area contributed by atoms with Crippen LogP contribution in [-0.2, 0) is 16.8 Å². The summed E-state index contributed by atoms with van der Waals surface area (Å²) < 4.78 is 28.6. The molecule has 0 fully saturated rings. The fourth-order valence-corrected chi connectivity index (χ4v) is 2.64. The van der Waals surface area contributed by atoms with E-state index in [2.05, 4.69) is 30.8 Å². The number of ether oxygens (including phenoxy) is 1. The number of halogens is 2. The monoisotopic (exact) mass is 376 g/mol. The van der Waals surface area contributed by atoms with Gasteiger partial charge in [-0.25, -0.2) is 0 Å². The Bertz CT molecular complexity index is 738. The van der Waals surface area contributed by atoms with Crippen LogP contribution in [0.25, 0.3) is 0 Å². The minimum Gasteiger partial charge on any atom is -0.435 e. The smallest absolute Gasteiger partial charge is 0.387 e. The number of carbonyl (C=O) groups is 1. The average Bonchev–Trinajstić information content (AvgIpc) is 2.55. The van der Waals surface area contributed by atoms with Gasteiger partial charge in [0, 0.05) is 12.2 Å². The van der Waals surface area contributed by atoms with Gasteiger partial charge >= 0.3 is 6.61 Å². The Hall–Kier alpha value is -2.47. The van der Waals surface area contributed by atoms with E-state index in [1.54, 1.807) is 12.1 Å². The molecule has 0 saturated heterocycles. The largest absolute Gasteiger partial charge is 0.435 e. The third-order valence-electron chi connectivity index (χ3n) is 4.05. The van der Waals surface area contributed by atoms with Crippen molar-refractivity contribution in [2.24, 2.45) is 0 Å². The molecule has 0 radical (unpaired) electrons. The number of hydrogen-bond donors (Lipinski definition) is 1. The molecule has 0 aliphatic heterocycles. The van der Waals surface area contributed by atoms with E-state index >= 15 is 0 Å². The van der Waals surface area contributed by atoms with E-state index in [1.807, 2.05) is 36.2 Å². The summed E-state index contributed by atoms with van der Waals surface area (Å²) in [4.78, 5) is 14.1. The highest BCUT2D eigenvalue weighted by atomic mass is 19.3. The maximum atomic E-state index is 12.2. The summed E-state index contributed by atoms with van der Waals surface area (Å²) >= 11 is 0. The highest BCUT2D eigenvalue weighted by molar-refractivity contribution is 5.92. The number of nitrogens with zero attached hydrogens (tertiary/aromatic N) is 1. The number of rotatable bonds is 7. The minimum absolute atomic E-state index is 0.0681. The van der Waals surface area contributed by atoms with Gasteiger partial charge in [-0.05, 0) is 47.9 Å². The highest BCUT2D eigenvalue weighted by Crippen LogP contribution is 2.23. The molecular weight excluding hydrogens is 350 g/mol. The first kappa shape index (κ1) is 20.8. The molecule has 0 aliphatic carbocycles. The maximum absolute atomic E-state index is 12.2. The van der Waals surface area contributed by atoms with E-state index in [1.165, 1.54) is 17.7 Å². The fraction of sp³-hybridized carbons (Fsp3) is 0.381. The predicted octanol–water partition coefficient (Wildman–Crippen LogP) is 4.66. The van der Waals surface area contributed by atoms with Crippen LogP contribution >= 0.6 is 0 Å². The molecule has 0 unspecified atom stereocenters. The second-order valence-corrected chi connectivity index (χ2v) is 7.57. The summed E-state index contributed by atoms with van der Waals surface area (Å²) in [6, 6.07) is 14.2. The number of nitrogens with one attached hydrogen (secondary N) is 1. The van der Waals surface area contributed by atoms with Gasteiger partial charge in [0.1, 0.15) is 5.75 Å². The number of anilines is 1. The van der Waals surface area contributed by atoms with Crippen molar-refractivity contribution in [3.05, 3.63) is 59.7 Å². The molecule has 2 aromatic carbocycles. The summed E-state index contributed by atoms with van der Waals surface area (Å²) in [6.07, 6.45) is 0. The first-order chi connectivity index (χ1) is 12.6. The first-order valence-corrected chi connectivity index (χ1v) is 8.76. The van der Waals surface area contributed by atoms with E-state index in [0.29, 0.717) is 6.54 Å². The molecule has 0 heterocycles. The average molecular weight is 376 g/mol. The second kappa shape index (κ2) is 8.95. The van der Waals surface area contributed by atoms with E-state index in [4.69, 9.17) is 0 Å². The van der Waals surface area contributed by atoms with Crippen LogP contribution in [0, 0.1) is 0 Å². The lowest BCUT2D eigenvalue weighted by atomic mass is 9.87. The molecule has 0 bridgehead atoms. The molecule has 0 atom stereocenters. The zero-order valence-electron chi connectivity index (χ0n) is 16.1. The summed E-state index contributed by atoms with van der Waals surface area (Å²) in [5.74, 6) is 0.00603. The van der Waals surface area contributed by atoms with Gasteiger partial charge in [0.25, 0.3) is 0 Å². The number of carbonyl (C=O) groups excluding carboxylic acids is 1. The quantitative estimate of drug-likeness (QED) is 0.764. The standard InChI is InChI=1S/C21H26F2N2O2/c1-21(2,3)16-7-9-17(10-8-16)24-19(26)14-25(4)13-15-5-11-18(12-6-15)27-20(22)23/h5-12,20H,13-14H2,1-4H3,(H,24,26). The zero-order chi connectivity index (χ0) is 20.0. The molecular formula is C21H26F2N2O2. The van der Waals surface area contributed by atoms with E-state index < -0.39 is 6.61 Å². The van der Waals surface area contributed by atoms with Crippen LogP contribution in [0.1, 0.15) is 31.9 Å². The molecule has 146 valence electrons. The molecule has 0 aliphatic rings. The SMILES string of the molecule is CN(CC(=O)Nc1ccc(C(C)(C)C)cc1)Cc1ccc(OC(F)F)cc1. The van der Waals surface area contributed by atoms with Crippen LogP contribution in [0.3, 0.4) is 0 Å². The van der Waals surface area contributed by atoms with Crippen molar-refractivity contribution in [1.29, 1.82) is 0 Å². The summed E-state index contributed by atoms with van der Waals surface area (Å²) in [5.41, 5.74) is 2.94. The van der Waals surface area contributed by atoms with Crippen molar-refractivity contribution >= 4 is 11.6 Å². The van der Waals surface area contributed by atoms with E-state index in [-0.39, 0.29) is 23.6 Å². The van der Waals surface area contributed by atoms with Gasteiger partial charge in [-0.1, -0.05) is 45.0 Å². The Balaban J connectivity index is 1.84. The Labute approximate surface area is 159 Å². The van der Waals surface area contributed by atoms with Crippen LogP contribution in [0.5, 0.6) is 5.75 Å². The van der Waals surface area contributed by atoms with Gasteiger partial charge in [0.2, 0.25) is 5.91 Å². The molecule has 0 spiro atoms. The summed E-state index contributed by atoms with van der Waals surface area (Å²) in [6.45, 7) is 4.33. The Morgan fingerprint density at radius 3 is 2.19 bits per heavy atom. The fourth-order valence-electron chi connectivity index (χ4n) is 2.64. The molecule has 0 saturated carbocycles. The molecule has 4 nitrogen and oxygen atoms in total. The van der Waals surface area contributed by atoms with Crippen LogP contribution in [-0.4, -0.2) is 31.0 Å². The van der Waals surface area contributed by atoms with E-state index in [9.17, 15) is 13.6 Å². The van der Waals surface area contributed by atoms with Gasteiger partial charge in [-0.2, -0.15) is 8.78 Å².